The lowest BCUT2D eigenvalue weighted by molar-refractivity contribution is 0.123. The van der Waals surface area contributed by atoms with E-state index in [0.29, 0.717) is 12.4 Å². The fourth-order valence-electron chi connectivity index (χ4n) is 3.77. The van der Waals surface area contributed by atoms with Crippen LogP contribution in [-0.4, -0.2) is 46.0 Å². The number of rotatable bonds is 21. The van der Waals surface area contributed by atoms with Crippen LogP contribution >= 0.6 is 0 Å². The molecule has 0 aliphatic rings. The molecule has 0 radical (unpaired) electrons. The number of amides is 1. The van der Waals surface area contributed by atoms with E-state index in [-0.39, 0.29) is 19.2 Å². The van der Waals surface area contributed by atoms with Gasteiger partial charge < -0.3 is 15.8 Å². The lowest BCUT2D eigenvalue weighted by atomic mass is 10.0. The first kappa shape index (κ1) is 28.3. The molecule has 1 amide bonds. The van der Waals surface area contributed by atoms with Gasteiger partial charge in [0.05, 0.1) is 0 Å². The van der Waals surface area contributed by atoms with Gasteiger partial charge in [0, 0.05) is 13.1 Å². The minimum Gasteiger partial charge on any atom is -0.447 e. The molecule has 0 saturated heterocycles. The number of unbranched alkanes of at least 4 members (excludes halogenated alkanes) is 15. The van der Waals surface area contributed by atoms with Crippen LogP contribution in [-0.2, 0) is 4.74 Å². The van der Waals surface area contributed by atoms with Gasteiger partial charge in [0.15, 0.2) is 5.82 Å². The number of aromatic nitrogens is 4. The summed E-state index contributed by atoms with van der Waals surface area (Å²) in [7, 11) is 0. The Morgan fingerprint density at radius 1 is 0.906 bits per heavy atom. The molecule has 0 bridgehead atoms. The number of carbonyl (C=O) groups is 1. The first-order valence-corrected chi connectivity index (χ1v) is 13.0. The van der Waals surface area contributed by atoms with Crippen molar-refractivity contribution in [3.63, 3.8) is 0 Å². The summed E-state index contributed by atoms with van der Waals surface area (Å²) in [4.78, 5) is 13.2. The predicted molar refractivity (Wildman–Crippen MR) is 130 cm³/mol. The maximum absolute atomic E-state index is 11.8. The number of nitrogens with zero attached hydrogens (tertiary/aromatic N) is 4. The minimum absolute atomic E-state index is 0.136. The molecule has 1 rings (SSSR count). The van der Waals surface area contributed by atoms with E-state index < -0.39 is 6.09 Å². The largest absolute Gasteiger partial charge is 0.447 e. The SMILES string of the molecule is CCCCCCCCCCCCCCCCCCNC(=O)OCC(CN)n1nnc(C)n1. The highest BCUT2D eigenvalue weighted by Crippen LogP contribution is 2.13. The maximum atomic E-state index is 11.8. The molecule has 0 saturated carbocycles. The van der Waals surface area contributed by atoms with Gasteiger partial charge in [0.1, 0.15) is 12.6 Å². The highest BCUT2D eigenvalue weighted by Gasteiger charge is 2.15. The van der Waals surface area contributed by atoms with Gasteiger partial charge in [0.2, 0.25) is 0 Å². The van der Waals surface area contributed by atoms with Crippen LogP contribution in [0.4, 0.5) is 4.79 Å². The predicted octanol–water partition coefficient (Wildman–Crippen LogP) is 5.47. The molecule has 186 valence electrons. The Kier molecular flexibility index (Phi) is 17.7. The van der Waals surface area contributed by atoms with E-state index in [1.165, 1.54) is 94.7 Å². The fourth-order valence-corrected chi connectivity index (χ4v) is 3.77. The summed E-state index contributed by atoms with van der Waals surface area (Å²) >= 11 is 0. The number of hydrogen-bond acceptors (Lipinski definition) is 6. The highest BCUT2D eigenvalue weighted by molar-refractivity contribution is 5.67. The van der Waals surface area contributed by atoms with E-state index in [0.717, 1.165) is 12.8 Å². The number of hydrogen-bond donors (Lipinski definition) is 2. The lowest BCUT2D eigenvalue weighted by Gasteiger charge is -2.13. The monoisotopic (exact) mass is 452 g/mol. The zero-order valence-electron chi connectivity index (χ0n) is 20.7. The number of nitrogens with two attached hydrogens (primary N) is 1. The van der Waals surface area contributed by atoms with E-state index in [2.05, 4.69) is 27.7 Å². The van der Waals surface area contributed by atoms with Crippen LogP contribution in [0, 0.1) is 6.92 Å². The zero-order chi connectivity index (χ0) is 23.3. The third-order valence-electron chi connectivity index (χ3n) is 5.83. The van der Waals surface area contributed by atoms with E-state index in [9.17, 15) is 4.79 Å². The summed E-state index contributed by atoms with van der Waals surface area (Å²) in [6, 6.07) is -0.294. The maximum Gasteiger partial charge on any atom is 0.407 e. The van der Waals surface area contributed by atoms with Crippen LogP contribution in [0.5, 0.6) is 0 Å². The van der Waals surface area contributed by atoms with Crippen molar-refractivity contribution in [2.24, 2.45) is 5.73 Å². The van der Waals surface area contributed by atoms with Gasteiger partial charge in [-0.2, -0.15) is 4.80 Å². The van der Waals surface area contributed by atoms with Gasteiger partial charge in [-0.25, -0.2) is 4.79 Å². The average molecular weight is 453 g/mol. The fraction of sp³-hybridized carbons (Fsp3) is 0.917. The summed E-state index contributed by atoms with van der Waals surface area (Å²) in [5, 5.41) is 14.6. The van der Waals surface area contributed by atoms with Crippen molar-refractivity contribution in [1.29, 1.82) is 0 Å². The van der Waals surface area contributed by atoms with Crippen LogP contribution in [0.25, 0.3) is 0 Å². The number of carbonyl (C=O) groups excluding carboxylic acids is 1. The first-order chi connectivity index (χ1) is 15.7. The summed E-state index contributed by atoms with van der Waals surface area (Å²) in [5.74, 6) is 0.566. The van der Waals surface area contributed by atoms with Gasteiger partial charge in [-0.3, -0.25) is 0 Å². The van der Waals surface area contributed by atoms with E-state index in [4.69, 9.17) is 10.5 Å². The molecule has 3 N–H and O–H groups in total. The molecular formula is C24H48N6O2. The van der Waals surface area contributed by atoms with Crippen LogP contribution < -0.4 is 11.1 Å². The van der Waals surface area contributed by atoms with Crippen molar-refractivity contribution in [3.05, 3.63) is 5.82 Å². The number of nitrogens with one attached hydrogen (secondary N) is 1. The van der Waals surface area contributed by atoms with Crippen molar-refractivity contribution in [3.8, 4) is 0 Å². The quantitative estimate of drug-likeness (QED) is 0.239. The normalized spacial score (nSPS) is 12.1. The average Bonchev–Trinajstić information content (AvgIpc) is 3.22. The Balaban J connectivity index is 1.83. The Hall–Kier alpha value is -1.70. The second kappa shape index (κ2) is 19.9. The molecule has 1 heterocycles. The Morgan fingerprint density at radius 2 is 1.41 bits per heavy atom. The zero-order valence-corrected chi connectivity index (χ0v) is 20.7. The topological polar surface area (TPSA) is 108 Å². The molecule has 8 nitrogen and oxygen atoms in total. The van der Waals surface area contributed by atoms with Gasteiger partial charge in [0.25, 0.3) is 0 Å². The number of tetrazole rings is 1. The summed E-state index contributed by atoms with van der Waals surface area (Å²) in [5.41, 5.74) is 5.70. The lowest BCUT2D eigenvalue weighted by Crippen LogP contribution is -2.31. The Labute approximate surface area is 195 Å². The van der Waals surface area contributed by atoms with Gasteiger partial charge >= 0.3 is 6.09 Å². The van der Waals surface area contributed by atoms with Crippen molar-refractivity contribution < 1.29 is 9.53 Å². The molecular weight excluding hydrogens is 404 g/mol. The van der Waals surface area contributed by atoms with E-state index >= 15 is 0 Å². The summed E-state index contributed by atoms with van der Waals surface area (Å²) < 4.78 is 5.23. The summed E-state index contributed by atoms with van der Waals surface area (Å²) in [6.07, 6.45) is 21.0. The third kappa shape index (κ3) is 15.2. The van der Waals surface area contributed by atoms with Gasteiger partial charge in [-0.05, 0) is 18.6 Å². The second-order valence-electron chi connectivity index (χ2n) is 8.88. The molecule has 0 aliphatic carbocycles. The number of ether oxygens (including phenoxy) is 1. The smallest absolute Gasteiger partial charge is 0.407 e. The molecule has 0 aliphatic heterocycles. The van der Waals surface area contributed by atoms with Gasteiger partial charge in [-0.15, -0.1) is 10.2 Å². The van der Waals surface area contributed by atoms with Crippen molar-refractivity contribution in [2.75, 3.05) is 19.7 Å². The number of alkyl carbamates (subject to hydrolysis) is 1. The van der Waals surface area contributed by atoms with Crippen molar-refractivity contribution in [2.45, 2.75) is 123 Å². The van der Waals surface area contributed by atoms with Crippen LogP contribution in [0.15, 0.2) is 0 Å². The van der Waals surface area contributed by atoms with Crippen molar-refractivity contribution >= 4 is 6.09 Å². The third-order valence-corrected chi connectivity index (χ3v) is 5.83. The van der Waals surface area contributed by atoms with Crippen LogP contribution in [0.2, 0.25) is 0 Å². The minimum atomic E-state index is -0.416. The van der Waals surface area contributed by atoms with E-state index in [1.807, 2.05) is 0 Å². The molecule has 8 heteroatoms. The number of aryl methyl sites for hydroxylation is 1. The van der Waals surface area contributed by atoms with Crippen LogP contribution in [0.1, 0.15) is 122 Å². The van der Waals surface area contributed by atoms with E-state index in [1.54, 1.807) is 6.92 Å². The van der Waals surface area contributed by atoms with Gasteiger partial charge in [-0.1, -0.05) is 103 Å². The molecule has 32 heavy (non-hydrogen) atoms. The molecule has 1 aromatic rings. The Bertz CT molecular complexity index is 566. The van der Waals surface area contributed by atoms with Crippen molar-refractivity contribution in [1.82, 2.24) is 25.5 Å². The molecule has 0 spiro atoms. The first-order valence-electron chi connectivity index (χ1n) is 13.0. The Morgan fingerprint density at radius 3 is 1.84 bits per heavy atom. The molecule has 0 fully saturated rings. The highest BCUT2D eigenvalue weighted by atomic mass is 16.5. The van der Waals surface area contributed by atoms with Crippen LogP contribution in [0.3, 0.4) is 0 Å². The summed E-state index contributed by atoms with van der Waals surface area (Å²) in [6.45, 7) is 5.09. The molecule has 1 unspecified atom stereocenters. The standard InChI is InChI=1S/C24H48N6O2/c1-3-4-5-6-7-8-9-10-11-12-13-14-15-16-17-18-19-26-24(31)32-21-23(20-25)30-28-22(2)27-29-30/h23H,3-21,25H2,1-2H3,(H,26,31). The second-order valence-corrected chi connectivity index (χ2v) is 8.88. The molecule has 1 atom stereocenters. The molecule has 0 aromatic carbocycles. The molecule has 1 aromatic heterocycles.